The van der Waals surface area contributed by atoms with Gasteiger partial charge in [-0.3, -0.25) is 15.1 Å². The highest BCUT2D eigenvalue weighted by Crippen LogP contribution is 2.26. The predicted octanol–water partition coefficient (Wildman–Crippen LogP) is 3.17. The van der Waals surface area contributed by atoms with Crippen molar-refractivity contribution >= 4 is 11.6 Å². The molecule has 1 N–H and O–H groups in total. The molecule has 1 amide bonds. The van der Waals surface area contributed by atoms with Gasteiger partial charge in [0.1, 0.15) is 18.8 Å². The van der Waals surface area contributed by atoms with E-state index in [1.807, 2.05) is 51.1 Å². The summed E-state index contributed by atoms with van der Waals surface area (Å²) < 4.78 is 7.23. The molecule has 0 spiro atoms. The molecule has 0 aliphatic heterocycles. The van der Waals surface area contributed by atoms with Crippen LogP contribution in [0.2, 0.25) is 0 Å². The molecule has 0 bridgehead atoms. The zero-order valence-corrected chi connectivity index (χ0v) is 15.5. The van der Waals surface area contributed by atoms with Crippen LogP contribution < -0.4 is 10.4 Å². The molecule has 134 valence electrons. The van der Waals surface area contributed by atoms with Gasteiger partial charge in [-0.25, -0.2) is 0 Å². The van der Waals surface area contributed by atoms with Crippen molar-refractivity contribution in [3.05, 3.63) is 58.7 Å². The highest BCUT2D eigenvalue weighted by molar-refractivity contribution is 5.94. The fourth-order valence-electron chi connectivity index (χ4n) is 2.87. The van der Waals surface area contributed by atoms with E-state index in [0.717, 1.165) is 28.8 Å². The molecule has 1 aromatic heterocycles. The third-order valence-corrected chi connectivity index (χ3v) is 4.28. The van der Waals surface area contributed by atoms with Crippen LogP contribution in [-0.2, 0) is 22.5 Å². The number of aryl methyl sites for hydroxylation is 3. The van der Waals surface area contributed by atoms with Crippen molar-refractivity contribution in [3.8, 4) is 0 Å². The van der Waals surface area contributed by atoms with E-state index >= 15 is 0 Å². The Bertz CT molecular complexity index is 796. The summed E-state index contributed by atoms with van der Waals surface area (Å²) in [5.41, 5.74) is 4.29. The lowest BCUT2D eigenvalue weighted by Crippen LogP contribution is -2.39. The van der Waals surface area contributed by atoms with Gasteiger partial charge in [-0.05, 0) is 49.9 Å². The van der Waals surface area contributed by atoms with Crippen LogP contribution >= 0.6 is 0 Å². The minimum Gasteiger partial charge on any atom is -0.361 e. The SMILES string of the molecule is CCOCN(C(=O)Cn1cccc(C)c1=N)c1c(C)cccc1CC. The van der Waals surface area contributed by atoms with E-state index in [-0.39, 0.29) is 19.2 Å². The number of para-hydroxylation sites is 1. The van der Waals surface area contributed by atoms with Crippen molar-refractivity contribution in [1.29, 1.82) is 5.41 Å². The Hall–Kier alpha value is -2.40. The highest BCUT2D eigenvalue weighted by atomic mass is 16.5. The Morgan fingerprint density at radius 2 is 1.88 bits per heavy atom. The minimum atomic E-state index is -0.0819. The van der Waals surface area contributed by atoms with Gasteiger partial charge in [0.15, 0.2) is 0 Å². The zero-order valence-electron chi connectivity index (χ0n) is 15.5. The number of amides is 1. The summed E-state index contributed by atoms with van der Waals surface area (Å²) in [5.74, 6) is -0.0819. The van der Waals surface area contributed by atoms with Crippen molar-refractivity contribution in [3.63, 3.8) is 0 Å². The van der Waals surface area contributed by atoms with E-state index in [2.05, 4.69) is 6.92 Å². The summed E-state index contributed by atoms with van der Waals surface area (Å²) in [7, 11) is 0. The summed E-state index contributed by atoms with van der Waals surface area (Å²) in [6.45, 7) is 8.75. The number of pyridine rings is 1. The summed E-state index contributed by atoms with van der Waals surface area (Å²) in [4.78, 5) is 14.7. The molecular formula is C20H27N3O2. The van der Waals surface area contributed by atoms with Crippen molar-refractivity contribution < 1.29 is 9.53 Å². The van der Waals surface area contributed by atoms with Crippen LogP contribution in [0, 0.1) is 19.3 Å². The maximum Gasteiger partial charge on any atom is 0.248 e. The molecule has 1 aromatic carbocycles. The third kappa shape index (κ3) is 4.37. The number of hydrogen-bond donors (Lipinski definition) is 1. The molecule has 5 nitrogen and oxygen atoms in total. The molecule has 2 rings (SSSR count). The number of aromatic nitrogens is 1. The third-order valence-electron chi connectivity index (χ3n) is 4.28. The topological polar surface area (TPSA) is 58.3 Å². The van der Waals surface area contributed by atoms with Gasteiger partial charge >= 0.3 is 0 Å². The smallest absolute Gasteiger partial charge is 0.248 e. The summed E-state index contributed by atoms with van der Waals surface area (Å²) in [6.07, 6.45) is 2.61. The zero-order chi connectivity index (χ0) is 18.4. The molecule has 0 aliphatic carbocycles. The summed E-state index contributed by atoms with van der Waals surface area (Å²) >= 11 is 0. The molecule has 5 heteroatoms. The van der Waals surface area contributed by atoms with Gasteiger partial charge in [-0.1, -0.05) is 31.2 Å². The molecule has 0 atom stereocenters. The largest absolute Gasteiger partial charge is 0.361 e. The van der Waals surface area contributed by atoms with Crippen LogP contribution in [-0.4, -0.2) is 23.8 Å². The maximum atomic E-state index is 13.0. The molecule has 1 heterocycles. The summed E-state index contributed by atoms with van der Waals surface area (Å²) in [5, 5.41) is 8.15. The number of benzene rings is 1. The second-order valence-electron chi connectivity index (χ2n) is 6.05. The van der Waals surface area contributed by atoms with E-state index in [1.54, 1.807) is 15.7 Å². The van der Waals surface area contributed by atoms with Crippen molar-refractivity contribution in [2.75, 3.05) is 18.2 Å². The van der Waals surface area contributed by atoms with Crippen molar-refractivity contribution in [2.45, 2.75) is 40.7 Å². The van der Waals surface area contributed by atoms with E-state index in [0.29, 0.717) is 12.1 Å². The van der Waals surface area contributed by atoms with Gasteiger partial charge in [0.25, 0.3) is 0 Å². The lowest BCUT2D eigenvalue weighted by molar-refractivity contribution is -0.120. The first-order valence-corrected chi connectivity index (χ1v) is 8.66. The lowest BCUT2D eigenvalue weighted by atomic mass is 10.0. The highest BCUT2D eigenvalue weighted by Gasteiger charge is 2.20. The molecule has 0 saturated carbocycles. The number of nitrogens with zero attached hydrogens (tertiary/aromatic N) is 2. The average molecular weight is 341 g/mol. The second kappa shape index (κ2) is 8.62. The number of rotatable bonds is 7. The fourth-order valence-corrected chi connectivity index (χ4v) is 2.87. The first kappa shape index (κ1) is 18.9. The van der Waals surface area contributed by atoms with Gasteiger partial charge < -0.3 is 9.30 Å². The maximum absolute atomic E-state index is 13.0. The van der Waals surface area contributed by atoms with Gasteiger partial charge in [0.05, 0.1) is 5.69 Å². The minimum absolute atomic E-state index is 0.0819. The quantitative estimate of drug-likeness (QED) is 0.786. The number of hydrogen-bond acceptors (Lipinski definition) is 3. The van der Waals surface area contributed by atoms with Gasteiger partial charge in [0.2, 0.25) is 5.91 Å². The Labute approximate surface area is 149 Å². The number of nitrogens with one attached hydrogen (secondary N) is 1. The van der Waals surface area contributed by atoms with Gasteiger partial charge in [-0.2, -0.15) is 0 Å². The Kier molecular flexibility index (Phi) is 6.53. The van der Waals surface area contributed by atoms with Gasteiger partial charge in [-0.15, -0.1) is 0 Å². The van der Waals surface area contributed by atoms with Crippen molar-refractivity contribution in [1.82, 2.24) is 4.57 Å². The molecule has 0 saturated heterocycles. The van der Waals surface area contributed by atoms with Crippen LogP contribution in [0.1, 0.15) is 30.5 Å². The number of ether oxygens (including phenoxy) is 1. The average Bonchev–Trinajstić information content (AvgIpc) is 2.60. The molecule has 25 heavy (non-hydrogen) atoms. The predicted molar refractivity (Wildman–Crippen MR) is 99.6 cm³/mol. The molecule has 2 aromatic rings. The van der Waals surface area contributed by atoms with Crippen LogP contribution in [0.4, 0.5) is 5.69 Å². The Morgan fingerprint density at radius 1 is 1.16 bits per heavy atom. The number of carbonyl (C=O) groups excluding carboxylic acids is 1. The molecule has 0 unspecified atom stereocenters. The van der Waals surface area contributed by atoms with E-state index < -0.39 is 0 Å². The second-order valence-corrected chi connectivity index (χ2v) is 6.05. The van der Waals surface area contributed by atoms with E-state index in [4.69, 9.17) is 10.1 Å². The monoisotopic (exact) mass is 341 g/mol. The first-order valence-electron chi connectivity index (χ1n) is 8.66. The van der Waals surface area contributed by atoms with Crippen LogP contribution in [0.15, 0.2) is 36.5 Å². The molecule has 0 radical (unpaired) electrons. The van der Waals surface area contributed by atoms with Gasteiger partial charge in [0, 0.05) is 12.8 Å². The lowest BCUT2D eigenvalue weighted by Gasteiger charge is -2.27. The Balaban J connectivity index is 2.39. The van der Waals surface area contributed by atoms with Crippen LogP contribution in [0.25, 0.3) is 0 Å². The standard InChI is InChI=1S/C20H27N3O2/c1-5-17-11-7-9-15(3)19(17)23(14-25-6-2)18(24)13-22-12-8-10-16(4)20(22)21/h7-12,21H,5-6,13-14H2,1-4H3. The van der Waals surface area contributed by atoms with Crippen molar-refractivity contribution in [2.24, 2.45) is 0 Å². The van der Waals surface area contributed by atoms with E-state index in [9.17, 15) is 4.79 Å². The summed E-state index contributed by atoms with van der Waals surface area (Å²) in [6, 6.07) is 9.80. The molecular weight excluding hydrogens is 314 g/mol. The van der Waals surface area contributed by atoms with Crippen LogP contribution in [0.5, 0.6) is 0 Å². The normalized spacial score (nSPS) is 10.7. The number of carbonyl (C=O) groups is 1. The van der Waals surface area contributed by atoms with E-state index in [1.165, 1.54) is 0 Å². The van der Waals surface area contributed by atoms with Crippen LogP contribution in [0.3, 0.4) is 0 Å². The fraction of sp³-hybridized carbons (Fsp3) is 0.400. The molecule has 0 fully saturated rings. The first-order chi connectivity index (χ1) is 12.0. The molecule has 0 aliphatic rings. The Morgan fingerprint density at radius 3 is 2.56 bits per heavy atom. The number of anilines is 1.